The molecule has 0 bridgehead atoms. The Labute approximate surface area is 269 Å². The van der Waals surface area contributed by atoms with E-state index in [1.807, 2.05) is 98.8 Å². The lowest BCUT2D eigenvalue weighted by molar-refractivity contribution is 0.0662. The number of hydrogen-bond donors (Lipinski definition) is 1. The molecule has 8 rings (SSSR count). The first-order valence-electron chi connectivity index (χ1n) is 15.2. The highest BCUT2D eigenvalue weighted by molar-refractivity contribution is 5.94. The number of amides is 1. The standard InChI is InChI=1S/C37H29N7O3/c1-22-3-13-29-31(17-22)46-34(41-29)26-7-5-24(6-8-26)20-44(36(45)28-19-40-37-39-15-16-43(37)21-28)33(38)25-9-11-27(12-10-25)35-42-30-14-4-23(2)18-32(30)47-35/h3-19,21,33H,20,38H2,1-2H3. The van der Waals surface area contributed by atoms with Crippen LogP contribution in [0.25, 0.3) is 50.9 Å². The number of carbonyl (C=O) groups excluding carboxylic acids is 1. The van der Waals surface area contributed by atoms with Crippen LogP contribution >= 0.6 is 0 Å². The van der Waals surface area contributed by atoms with Crippen LogP contribution in [0.2, 0.25) is 0 Å². The fraction of sp³-hybridized carbons (Fsp3) is 0.108. The lowest BCUT2D eigenvalue weighted by atomic mass is 10.1. The molecule has 230 valence electrons. The van der Waals surface area contributed by atoms with Crippen LogP contribution in [-0.4, -0.2) is 35.1 Å². The van der Waals surface area contributed by atoms with Crippen LogP contribution in [0, 0.1) is 13.8 Å². The van der Waals surface area contributed by atoms with E-state index < -0.39 is 6.17 Å². The summed E-state index contributed by atoms with van der Waals surface area (Å²) in [6.07, 6.45) is 5.87. The summed E-state index contributed by atoms with van der Waals surface area (Å²) in [5.74, 6) is 1.30. The van der Waals surface area contributed by atoms with Gasteiger partial charge in [0, 0.05) is 42.5 Å². The second kappa shape index (κ2) is 11.3. The smallest absolute Gasteiger partial charge is 0.258 e. The third kappa shape index (κ3) is 5.40. The van der Waals surface area contributed by atoms with Gasteiger partial charge in [0.1, 0.15) is 17.2 Å². The van der Waals surface area contributed by atoms with Gasteiger partial charge in [-0.25, -0.2) is 19.9 Å². The normalized spacial score (nSPS) is 12.2. The van der Waals surface area contributed by atoms with Crippen LogP contribution < -0.4 is 5.73 Å². The van der Waals surface area contributed by atoms with E-state index in [1.54, 1.807) is 27.9 Å². The topological polar surface area (TPSA) is 129 Å². The van der Waals surface area contributed by atoms with Gasteiger partial charge in [-0.1, -0.05) is 36.4 Å². The lowest BCUT2D eigenvalue weighted by Crippen LogP contribution is -2.39. The molecule has 0 radical (unpaired) electrons. The van der Waals surface area contributed by atoms with E-state index in [4.69, 9.17) is 14.6 Å². The van der Waals surface area contributed by atoms with Crippen molar-refractivity contribution in [1.29, 1.82) is 0 Å². The van der Waals surface area contributed by atoms with E-state index in [2.05, 4.69) is 19.9 Å². The number of rotatable bonds is 7. The molecule has 8 aromatic rings. The second-order valence-corrected chi connectivity index (χ2v) is 11.7. The Kier molecular flexibility index (Phi) is 6.84. The summed E-state index contributed by atoms with van der Waals surface area (Å²) >= 11 is 0. The Bertz CT molecular complexity index is 2410. The molecule has 0 saturated carbocycles. The molecular formula is C37H29N7O3. The largest absolute Gasteiger partial charge is 0.436 e. The number of oxazole rings is 2. The average Bonchev–Trinajstić information content (AvgIpc) is 3.84. The summed E-state index contributed by atoms with van der Waals surface area (Å²) in [6, 6.07) is 27.3. The third-order valence-electron chi connectivity index (χ3n) is 8.23. The number of aromatic nitrogens is 5. The quantitative estimate of drug-likeness (QED) is 0.185. The molecule has 0 spiro atoms. The number of nitrogens with zero attached hydrogens (tertiary/aromatic N) is 6. The predicted octanol–water partition coefficient (Wildman–Crippen LogP) is 7.26. The summed E-state index contributed by atoms with van der Waals surface area (Å²) in [6.45, 7) is 4.29. The van der Waals surface area contributed by atoms with Gasteiger partial charge in [0.05, 0.1) is 5.56 Å². The molecular weight excluding hydrogens is 590 g/mol. The van der Waals surface area contributed by atoms with Gasteiger partial charge in [-0.05, 0) is 84.6 Å². The minimum atomic E-state index is -0.763. The number of nitrogens with two attached hydrogens (primary N) is 1. The summed E-state index contributed by atoms with van der Waals surface area (Å²) < 4.78 is 13.7. The van der Waals surface area contributed by atoms with Crippen molar-refractivity contribution in [2.45, 2.75) is 26.6 Å². The summed E-state index contributed by atoms with van der Waals surface area (Å²) in [7, 11) is 0. The molecule has 0 fully saturated rings. The van der Waals surface area contributed by atoms with Gasteiger partial charge in [0.15, 0.2) is 11.2 Å². The Balaban J connectivity index is 1.09. The molecule has 47 heavy (non-hydrogen) atoms. The van der Waals surface area contributed by atoms with Crippen molar-refractivity contribution >= 4 is 33.9 Å². The van der Waals surface area contributed by atoms with Gasteiger partial charge in [0.25, 0.3) is 5.91 Å². The molecule has 10 nitrogen and oxygen atoms in total. The van der Waals surface area contributed by atoms with Crippen LogP contribution in [0.5, 0.6) is 0 Å². The van der Waals surface area contributed by atoms with Crippen molar-refractivity contribution in [2.75, 3.05) is 0 Å². The van der Waals surface area contributed by atoms with Crippen molar-refractivity contribution in [2.24, 2.45) is 5.73 Å². The van der Waals surface area contributed by atoms with Gasteiger partial charge in [-0.2, -0.15) is 0 Å². The SMILES string of the molecule is Cc1ccc2nc(-c3ccc(CN(C(=O)c4cnc5nccn5c4)C(N)c4ccc(-c5nc6ccc(C)cc6o5)cc4)cc3)oc2c1. The van der Waals surface area contributed by atoms with Gasteiger partial charge < -0.3 is 19.5 Å². The molecule has 10 heteroatoms. The highest BCUT2D eigenvalue weighted by Crippen LogP contribution is 2.29. The van der Waals surface area contributed by atoms with E-state index in [1.165, 1.54) is 6.20 Å². The zero-order chi connectivity index (χ0) is 32.1. The van der Waals surface area contributed by atoms with E-state index in [9.17, 15) is 4.79 Å². The first kappa shape index (κ1) is 28.4. The summed E-state index contributed by atoms with van der Waals surface area (Å²) in [5.41, 5.74) is 15.8. The van der Waals surface area contributed by atoms with Crippen LogP contribution in [-0.2, 0) is 6.54 Å². The molecule has 4 heterocycles. The predicted molar refractivity (Wildman–Crippen MR) is 178 cm³/mol. The molecule has 1 atom stereocenters. The third-order valence-corrected chi connectivity index (χ3v) is 8.23. The van der Waals surface area contributed by atoms with Gasteiger partial charge in [-0.3, -0.25) is 9.20 Å². The van der Waals surface area contributed by atoms with E-state index >= 15 is 0 Å². The molecule has 1 amide bonds. The van der Waals surface area contributed by atoms with Crippen molar-refractivity contribution in [3.8, 4) is 22.9 Å². The van der Waals surface area contributed by atoms with Gasteiger partial charge in [-0.15, -0.1) is 0 Å². The fourth-order valence-electron chi connectivity index (χ4n) is 5.65. The Morgan fingerprint density at radius 3 is 2.02 bits per heavy atom. The van der Waals surface area contributed by atoms with Gasteiger partial charge >= 0.3 is 0 Å². The number of carbonyl (C=O) groups is 1. The van der Waals surface area contributed by atoms with Crippen LogP contribution in [0.15, 0.2) is 119 Å². The average molecular weight is 620 g/mol. The van der Waals surface area contributed by atoms with E-state index in [-0.39, 0.29) is 12.5 Å². The minimum Gasteiger partial charge on any atom is -0.436 e. The Morgan fingerprint density at radius 2 is 1.40 bits per heavy atom. The number of fused-ring (bicyclic) bond motifs is 3. The zero-order valence-corrected chi connectivity index (χ0v) is 25.7. The van der Waals surface area contributed by atoms with E-state index in [0.717, 1.165) is 55.6 Å². The van der Waals surface area contributed by atoms with Gasteiger partial charge in [0.2, 0.25) is 17.6 Å². The molecule has 4 aromatic carbocycles. The Hall–Kier alpha value is -6.13. The molecule has 2 N–H and O–H groups in total. The summed E-state index contributed by atoms with van der Waals surface area (Å²) in [5, 5.41) is 0. The van der Waals surface area contributed by atoms with E-state index in [0.29, 0.717) is 23.1 Å². The van der Waals surface area contributed by atoms with Crippen molar-refractivity contribution in [3.63, 3.8) is 0 Å². The molecule has 0 saturated heterocycles. The van der Waals surface area contributed by atoms with Crippen molar-refractivity contribution < 1.29 is 13.6 Å². The first-order chi connectivity index (χ1) is 22.9. The zero-order valence-electron chi connectivity index (χ0n) is 25.7. The van der Waals surface area contributed by atoms with Crippen molar-refractivity contribution in [3.05, 3.63) is 138 Å². The number of hydrogen-bond acceptors (Lipinski definition) is 8. The maximum Gasteiger partial charge on any atom is 0.258 e. The summed E-state index contributed by atoms with van der Waals surface area (Å²) in [4.78, 5) is 33.5. The van der Waals surface area contributed by atoms with Crippen LogP contribution in [0.1, 0.15) is 38.8 Å². The maximum absolute atomic E-state index is 14.1. The highest BCUT2D eigenvalue weighted by Gasteiger charge is 2.25. The lowest BCUT2D eigenvalue weighted by Gasteiger charge is -2.29. The van der Waals surface area contributed by atoms with Crippen LogP contribution in [0.4, 0.5) is 0 Å². The highest BCUT2D eigenvalue weighted by atomic mass is 16.4. The number of imidazole rings is 1. The maximum atomic E-state index is 14.1. The number of aryl methyl sites for hydroxylation is 2. The molecule has 0 aliphatic rings. The fourth-order valence-corrected chi connectivity index (χ4v) is 5.65. The Morgan fingerprint density at radius 1 is 0.809 bits per heavy atom. The molecule has 1 unspecified atom stereocenters. The molecule has 0 aliphatic heterocycles. The molecule has 0 aliphatic carbocycles. The molecule has 4 aromatic heterocycles. The van der Waals surface area contributed by atoms with Crippen molar-refractivity contribution in [1.82, 2.24) is 29.2 Å². The monoisotopic (exact) mass is 619 g/mol. The van der Waals surface area contributed by atoms with Crippen LogP contribution in [0.3, 0.4) is 0 Å². The minimum absolute atomic E-state index is 0.251. The number of benzene rings is 4. The second-order valence-electron chi connectivity index (χ2n) is 11.7. The first-order valence-corrected chi connectivity index (χ1v) is 15.2.